The molecule has 4 rings (SSSR count). The molecule has 1 heterocycles. The Kier molecular flexibility index (Phi) is 5.31. The van der Waals surface area contributed by atoms with Crippen molar-refractivity contribution in [3.63, 3.8) is 0 Å². The third-order valence-electron chi connectivity index (χ3n) is 5.56. The van der Waals surface area contributed by atoms with E-state index in [-0.39, 0.29) is 35.0 Å². The monoisotopic (exact) mass is 403 g/mol. The molecule has 6 heteroatoms. The number of amides is 2. The summed E-state index contributed by atoms with van der Waals surface area (Å²) < 4.78 is 5.33. The summed E-state index contributed by atoms with van der Waals surface area (Å²) in [4.78, 5) is 51.7. The summed E-state index contributed by atoms with van der Waals surface area (Å²) >= 11 is 0. The molecule has 30 heavy (non-hydrogen) atoms. The summed E-state index contributed by atoms with van der Waals surface area (Å²) in [6.45, 7) is 1.52. The van der Waals surface area contributed by atoms with Crippen molar-refractivity contribution in [1.29, 1.82) is 0 Å². The van der Waals surface area contributed by atoms with Crippen molar-refractivity contribution in [2.24, 2.45) is 11.8 Å². The van der Waals surface area contributed by atoms with Crippen LogP contribution in [-0.2, 0) is 14.3 Å². The quantitative estimate of drug-likeness (QED) is 0.330. The molecule has 2 aromatic carbocycles. The number of ether oxygens (including phenoxy) is 1. The van der Waals surface area contributed by atoms with Gasteiger partial charge in [-0.15, -0.1) is 0 Å². The third kappa shape index (κ3) is 3.56. The number of anilines is 1. The summed E-state index contributed by atoms with van der Waals surface area (Å²) in [5, 5.41) is 0. The van der Waals surface area contributed by atoms with Gasteiger partial charge in [-0.1, -0.05) is 48.6 Å². The van der Waals surface area contributed by atoms with E-state index in [4.69, 9.17) is 4.74 Å². The number of allylic oxidation sites excluding steroid dienone is 2. The molecule has 3 atom stereocenters. The predicted molar refractivity (Wildman–Crippen MR) is 110 cm³/mol. The fourth-order valence-corrected chi connectivity index (χ4v) is 3.95. The summed E-state index contributed by atoms with van der Waals surface area (Å²) in [5.41, 5.74) is 0.973. The van der Waals surface area contributed by atoms with Crippen LogP contribution in [0.15, 0.2) is 66.7 Å². The number of Topliss-reactive ketones (excluding diaryl/α,β-unsaturated/α-hetero) is 1. The van der Waals surface area contributed by atoms with E-state index in [0.29, 0.717) is 24.1 Å². The Labute approximate surface area is 174 Å². The predicted octanol–water partition coefficient (Wildman–Crippen LogP) is 3.57. The van der Waals surface area contributed by atoms with Crippen molar-refractivity contribution >= 4 is 29.3 Å². The van der Waals surface area contributed by atoms with Crippen LogP contribution in [0.3, 0.4) is 0 Å². The van der Waals surface area contributed by atoms with E-state index in [0.717, 1.165) is 4.90 Å². The molecule has 0 N–H and O–H groups in total. The Morgan fingerprint density at radius 1 is 0.900 bits per heavy atom. The van der Waals surface area contributed by atoms with E-state index in [9.17, 15) is 19.2 Å². The lowest BCUT2D eigenvalue weighted by atomic mass is 9.85. The minimum atomic E-state index is -0.965. The van der Waals surface area contributed by atoms with Crippen LogP contribution in [0.4, 0.5) is 5.69 Å². The van der Waals surface area contributed by atoms with Gasteiger partial charge in [0.05, 0.1) is 23.1 Å². The molecule has 6 nitrogen and oxygen atoms in total. The second-order valence-electron chi connectivity index (χ2n) is 7.50. The molecule has 2 aliphatic rings. The number of esters is 1. The van der Waals surface area contributed by atoms with E-state index < -0.39 is 12.1 Å². The SMILES string of the molecule is C[C@H](OC(=O)c1cccc(N2C(=O)[C@@H]3CC=CC[C@H]3C2=O)c1)C(=O)c1ccccc1. The van der Waals surface area contributed by atoms with Crippen LogP contribution < -0.4 is 4.90 Å². The Morgan fingerprint density at radius 3 is 2.13 bits per heavy atom. The first-order valence-electron chi connectivity index (χ1n) is 9.90. The highest BCUT2D eigenvalue weighted by Crippen LogP contribution is 2.37. The first-order valence-corrected chi connectivity index (χ1v) is 9.90. The maximum Gasteiger partial charge on any atom is 0.338 e. The number of hydrogen-bond acceptors (Lipinski definition) is 5. The second kappa shape index (κ2) is 8.06. The van der Waals surface area contributed by atoms with E-state index in [1.807, 2.05) is 12.2 Å². The van der Waals surface area contributed by atoms with Gasteiger partial charge in [0.15, 0.2) is 6.10 Å². The van der Waals surface area contributed by atoms with Crippen LogP contribution in [0, 0.1) is 11.8 Å². The van der Waals surface area contributed by atoms with Gasteiger partial charge in [-0.3, -0.25) is 19.3 Å². The molecule has 2 amide bonds. The van der Waals surface area contributed by atoms with E-state index in [2.05, 4.69) is 0 Å². The zero-order valence-electron chi connectivity index (χ0n) is 16.5. The lowest BCUT2D eigenvalue weighted by Crippen LogP contribution is -2.31. The Balaban J connectivity index is 1.51. The fraction of sp³-hybridized carbons (Fsp3) is 0.250. The summed E-state index contributed by atoms with van der Waals surface area (Å²) in [6.07, 6.45) is 3.98. The zero-order valence-corrected chi connectivity index (χ0v) is 16.5. The lowest BCUT2D eigenvalue weighted by molar-refractivity contribution is -0.122. The standard InChI is InChI=1S/C24H21NO5/c1-15(21(26)16-8-3-2-4-9-16)30-24(29)17-10-7-11-18(14-17)25-22(27)19-12-5-6-13-20(19)23(25)28/h2-11,14-15,19-20H,12-13H2,1H3/t15-,19+,20+/m0/s1. The minimum Gasteiger partial charge on any atom is -0.451 e. The van der Waals surface area contributed by atoms with Crippen LogP contribution in [0.1, 0.15) is 40.5 Å². The molecular formula is C24H21NO5. The highest BCUT2D eigenvalue weighted by Gasteiger charge is 2.47. The molecule has 1 aliphatic carbocycles. The number of imide groups is 1. The molecule has 0 radical (unpaired) electrons. The average Bonchev–Trinajstić information content (AvgIpc) is 3.04. The Hall–Kier alpha value is -3.54. The summed E-state index contributed by atoms with van der Waals surface area (Å²) in [7, 11) is 0. The average molecular weight is 403 g/mol. The first kappa shape index (κ1) is 19.8. The second-order valence-corrected chi connectivity index (χ2v) is 7.50. The van der Waals surface area contributed by atoms with Gasteiger partial charge in [0.2, 0.25) is 17.6 Å². The maximum atomic E-state index is 12.8. The number of nitrogens with zero attached hydrogens (tertiary/aromatic N) is 1. The van der Waals surface area contributed by atoms with E-state index in [1.54, 1.807) is 42.5 Å². The lowest BCUT2D eigenvalue weighted by Gasteiger charge is -2.16. The normalized spacial score (nSPS) is 21.3. The highest BCUT2D eigenvalue weighted by atomic mass is 16.5. The largest absolute Gasteiger partial charge is 0.451 e. The molecule has 0 unspecified atom stereocenters. The first-order chi connectivity index (χ1) is 14.5. The molecule has 0 aromatic heterocycles. The number of rotatable bonds is 5. The van der Waals surface area contributed by atoms with Crippen molar-refractivity contribution in [3.8, 4) is 0 Å². The molecule has 1 saturated heterocycles. The third-order valence-corrected chi connectivity index (χ3v) is 5.56. The van der Waals surface area contributed by atoms with Crippen LogP contribution >= 0.6 is 0 Å². The van der Waals surface area contributed by atoms with Gasteiger partial charge in [-0.25, -0.2) is 4.79 Å². The molecular weight excluding hydrogens is 382 g/mol. The smallest absolute Gasteiger partial charge is 0.338 e. The van der Waals surface area contributed by atoms with Crippen LogP contribution in [0.5, 0.6) is 0 Å². The number of ketones is 1. The van der Waals surface area contributed by atoms with Crippen molar-refractivity contribution in [1.82, 2.24) is 0 Å². The van der Waals surface area contributed by atoms with Crippen LogP contribution in [0.2, 0.25) is 0 Å². The van der Waals surface area contributed by atoms with Gasteiger partial charge in [0, 0.05) is 5.56 Å². The minimum absolute atomic E-state index is 0.175. The Morgan fingerprint density at radius 2 is 1.50 bits per heavy atom. The van der Waals surface area contributed by atoms with E-state index in [1.165, 1.54) is 19.1 Å². The van der Waals surface area contributed by atoms with Crippen LogP contribution in [-0.4, -0.2) is 29.7 Å². The number of carbonyl (C=O) groups is 4. The van der Waals surface area contributed by atoms with E-state index >= 15 is 0 Å². The summed E-state index contributed by atoms with van der Waals surface area (Å²) in [5.74, 6) is -2.17. The topological polar surface area (TPSA) is 80.8 Å². The van der Waals surface area contributed by atoms with Gasteiger partial charge in [-0.05, 0) is 38.0 Å². The Bertz CT molecular complexity index is 1020. The molecule has 0 bridgehead atoms. The van der Waals surface area contributed by atoms with Crippen molar-refractivity contribution in [2.45, 2.75) is 25.9 Å². The molecule has 2 aromatic rings. The molecule has 0 saturated carbocycles. The number of hydrogen-bond donors (Lipinski definition) is 0. The van der Waals surface area contributed by atoms with Gasteiger partial charge in [0.1, 0.15) is 0 Å². The van der Waals surface area contributed by atoms with Crippen LogP contribution in [0.25, 0.3) is 0 Å². The molecule has 1 fully saturated rings. The van der Waals surface area contributed by atoms with Gasteiger partial charge in [0.25, 0.3) is 0 Å². The molecule has 152 valence electrons. The van der Waals surface area contributed by atoms with Gasteiger partial charge in [-0.2, -0.15) is 0 Å². The van der Waals surface area contributed by atoms with Crippen molar-refractivity contribution in [2.75, 3.05) is 4.90 Å². The maximum absolute atomic E-state index is 12.8. The van der Waals surface area contributed by atoms with Crippen molar-refractivity contribution in [3.05, 3.63) is 77.9 Å². The summed E-state index contributed by atoms with van der Waals surface area (Å²) in [6, 6.07) is 14.8. The van der Waals surface area contributed by atoms with Crippen molar-refractivity contribution < 1.29 is 23.9 Å². The molecule has 0 spiro atoms. The highest BCUT2D eigenvalue weighted by molar-refractivity contribution is 6.22. The fourth-order valence-electron chi connectivity index (χ4n) is 3.95. The number of benzene rings is 2. The van der Waals surface area contributed by atoms with Gasteiger partial charge < -0.3 is 4.74 Å². The zero-order chi connectivity index (χ0) is 21.3. The molecule has 1 aliphatic heterocycles. The van der Waals surface area contributed by atoms with Gasteiger partial charge >= 0.3 is 5.97 Å². The number of fused-ring (bicyclic) bond motifs is 1. The number of carbonyl (C=O) groups excluding carboxylic acids is 4.